The van der Waals surface area contributed by atoms with Crippen LogP contribution in [0.1, 0.15) is 30.7 Å². The van der Waals surface area contributed by atoms with Gasteiger partial charge in [0.15, 0.2) is 5.82 Å². The van der Waals surface area contributed by atoms with Gasteiger partial charge in [0.1, 0.15) is 0 Å². The van der Waals surface area contributed by atoms with Crippen molar-refractivity contribution in [2.24, 2.45) is 0 Å². The maximum atomic E-state index is 4.26. The van der Waals surface area contributed by atoms with Gasteiger partial charge >= 0.3 is 0 Å². The molecule has 0 bridgehead atoms. The zero-order valence-electron chi connectivity index (χ0n) is 10.3. The molecule has 0 radical (unpaired) electrons. The average Bonchev–Trinajstić information content (AvgIpc) is 2.85. The first-order chi connectivity index (χ1) is 8.92. The molecule has 94 valence electrons. The summed E-state index contributed by atoms with van der Waals surface area (Å²) in [5.41, 5.74) is 1.19. The number of rotatable bonds is 2. The Balaban J connectivity index is 2.08. The van der Waals surface area contributed by atoms with E-state index in [1.807, 2.05) is 6.07 Å². The Hall–Kier alpha value is -1.75. The van der Waals surface area contributed by atoms with Crippen LogP contribution in [-0.4, -0.2) is 33.7 Å². The zero-order chi connectivity index (χ0) is 12.3. The normalized spacial score (nSPS) is 24.7. The molecule has 1 aliphatic rings. The number of aromatic nitrogens is 4. The molecule has 0 saturated carbocycles. The topological polar surface area (TPSA) is 66.5 Å². The summed E-state index contributed by atoms with van der Waals surface area (Å²) in [4.78, 5) is 0. The molecule has 1 saturated heterocycles. The fourth-order valence-electron chi connectivity index (χ4n) is 2.83. The average molecular weight is 243 g/mol. The van der Waals surface area contributed by atoms with Crippen LogP contribution < -0.4 is 5.32 Å². The largest absolute Gasteiger partial charge is 0.317 e. The van der Waals surface area contributed by atoms with Crippen LogP contribution in [0.25, 0.3) is 0 Å². The lowest BCUT2D eigenvalue weighted by Gasteiger charge is -2.29. The Morgan fingerprint density at radius 1 is 1.06 bits per heavy atom. The van der Waals surface area contributed by atoms with E-state index in [0.29, 0.717) is 0 Å². The van der Waals surface area contributed by atoms with Crippen LogP contribution in [0, 0.1) is 0 Å². The molecule has 2 N–H and O–H groups in total. The molecule has 1 unspecified atom stereocenters. The monoisotopic (exact) mass is 243 g/mol. The van der Waals surface area contributed by atoms with Crippen LogP contribution in [0.5, 0.6) is 0 Å². The highest BCUT2D eigenvalue weighted by molar-refractivity contribution is 5.32. The number of aromatic amines is 1. The van der Waals surface area contributed by atoms with E-state index >= 15 is 0 Å². The first-order valence-electron chi connectivity index (χ1n) is 6.42. The summed E-state index contributed by atoms with van der Waals surface area (Å²) in [6.07, 6.45) is 3.20. The number of hydrogen-bond acceptors (Lipinski definition) is 4. The Morgan fingerprint density at radius 2 is 1.94 bits per heavy atom. The zero-order valence-corrected chi connectivity index (χ0v) is 10.3. The van der Waals surface area contributed by atoms with E-state index in [9.17, 15) is 0 Å². The SMILES string of the molecule is c1ccc(C2(c3nn[nH]n3)CCCNCC2)cc1. The third-order valence-electron chi connectivity index (χ3n) is 3.79. The van der Waals surface area contributed by atoms with Gasteiger partial charge in [-0.1, -0.05) is 35.5 Å². The lowest BCUT2D eigenvalue weighted by molar-refractivity contribution is 0.431. The third-order valence-corrected chi connectivity index (χ3v) is 3.79. The van der Waals surface area contributed by atoms with E-state index in [0.717, 1.165) is 38.2 Å². The van der Waals surface area contributed by atoms with Gasteiger partial charge in [-0.2, -0.15) is 5.21 Å². The van der Waals surface area contributed by atoms with Crippen molar-refractivity contribution in [3.05, 3.63) is 41.7 Å². The fourth-order valence-corrected chi connectivity index (χ4v) is 2.83. The molecule has 1 fully saturated rings. The number of hydrogen-bond donors (Lipinski definition) is 2. The van der Waals surface area contributed by atoms with Crippen molar-refractivity contribution < 1.29 is 0 Å². The molecule has 1 atom stereocenters. The summed E-state index contributed by atoms with van der Waals surface area (Å²) in [6, 6.07) is 10.5. The highest BCUT2D eigenvalue weighted by atomic mass is 15.5. The second-order valence-corrected chi connectivity index (χ2v) is 4.79. The Morgan fingerprint density at radius 3 is 2.72 bits per heavy atom. The van der Waals surface area contributed by atoms with Gasteiger partial charge in [0.05, 0.1) is 5.41 Å². The summed E-state index contributed by atoms with van der Waals surface area (Å²) in [6.45, 7) is 2.05. The van der Waals surface area contributed by atoms with Crippen molar-refractivity contribution in [2.75, 3.05) is 13.1 Å². The highest BCUT2D eigenvalue weighted by Crippen LogP contribution is 2.38. The summed E-state index contributed by atoms with van der Waals surface area (Å²) in [7, 11) is 0. The van der Waals surface area contributed by atoms with Gasteiger partial charge in [-0.25, -0.2) is 0 Å². The van der Waals surface area contributed by atoms with Crippen molar-refractivity contribution >= 4 is 0 Å². The van der Waals surface area contributed by atoms with Crippen molar-refractivity contribution in [1.82, 2.24) is 25.9 Å². The second kappa shape index (κ2) is 4.86. The first kappa shape index (κ1) is 11.3. The van der Waals surface area contributed by atoms with Crippen molar-refractivity contribution in [3.63, 3.8) is 0 Å². The maximum Gasteiger partial charge on any atom is 0.185 e. The quantitative estimate of drug-likeness (QED) is 0.833. The molecular weight excluding hydrogens is 226 g/mol. The fraction of sp³-hybridized carbons (Fsp3) is 0.462. The molecule has 3 rings (SSSR count). The van der Waals surface area contributed by atoms with E-state index in [-0.39, 0.29) is 5.41 Å². The Labute approximate surface area is 106 Å². The maximum absolute atomic E-state index is 4.26. The van der Waals surface area contributed by atoms with E-state index < -0.39 is 0 Å². The summed E-state index contributed by atoms with van der Waals surface area (Å²) in [5.74, 6) is 0.817. The molecule has 0 spiro atoms. The molecule has 2 aromatic rings. The molecule has 5 nitrogen and oxygen atoms in total. The number of benzene rings is 1. The van der Waals surface area contributed by atoms with Gasteiger partial charge in [0, 0.05) is 0 Å². The molecule has 5 heteroatoms. The van der Waals surface area contributed by atoms with Crippen LogP contribution in [0.3, 0.4) is 0 Å². The van der Waals surface area contributed by atoms with Gasteiger partial charge < -0.3 is 5.32 Å². The second-order valence-electron chi connectivity index (χ2n) is 4.79. The number of nitrogens with zero attached hydrogens (tertiary/aromatic N) is 3. The smallest absolute Gasteiger partial charge is 0.185 e. The highest BCUT2D eigenvalue weighted by Gasteiger charge is 2.38. The van der Waals surface area contributed by atoms with Gasteiger partial charge in [-0.3, -0.25) is 0 Å². The van der Waals surface area contributed by atoms with E-state index in [2.05, 4.69) is 50.2 Å². The third kappa shape index (κ3) is 1.90. The summed E-state index contributed by atoms with van der Waals surface area (Å²) < 4.78 is 0. The van der Waals surface area contributed by atoms with E-state index in [1.54, 1.807) is 0 Å². The minimum atomic E-state index is -0.0994. The Kier molecular flexibility index (Phi) is 3.06. The van der Waals surface area contributed by atoms with Crippen LogP contribution in [-0.2, 0) is 5.41 Å². The first-order valence-corrected chi connectivity index (χ1v) is 6.42. The molecule has 1 aromatic carbocycles. The van der Waals surface area contributed by atoms with Crippen molar-refractivity contribution in [1.29, 1.82) is 0 Å². The van der Waals surface area contributed by atoms with E-state index in [1.165, 1.54) is 5.56 Å². The predicted octanol–water partition coefficient (Wildman–Crippen LogP) is 1.26. The number of H-pyrrole nitrogens is 1. The molecule has 0 aliphatic carbocycles. The molecule has 0 amide bonds. The van der Waals surface area contributed by atoms with Crippen LogP contribution >= 0.6 is 0 Å². The number of nitrogens with one attached hydrogen (secondary N) is 2. The van der Waals surface area contributed by atoms with E-state index in [4.69, 9.17) is 0 Å². The summed E-state index contributed by atoms with van der Waals surface area (Å²) in [5, 5.41) is 18.3. The lowest BCUT2D eigenvalue weighted by Crippen LogP contribution is -2.30. The summed E-state index contributed by atoms with van der Waals surface area (Å²) >= 11 is 0. The minimum absolute atomic E-state index is 0.0994. The Bertz CT molecular complexity index is 471. The van der Waals surface area contributed by atoms with Gasteiger partial charge in [0.25, 0.3) is 0 Å². The lowest BCUT2D eigenvalue weighted by atomic mass is 9.74. The number of tetrazole rings is 1. The van der Waals surface area contributed by atoms with Crippen LogP contribution in [0.15, 0.2) is 30.3 Å². The molecule has 1 aromatic heterocycles. The molecular formula is C13H17N5. The van der Waals surface area contributed by atoms with Crippen LogP contribution in [0.2, 0.25) is 0 Å². The molecule has 1 aliphatic heterocycles. The minimum Gasteiger partial charge on any atom is -0.317 e. The van der Waals surface area contributed by atoms with Crippen molar-refractivity contribution in [3.8, 4) is 0 Å². The van der Waals surface area contributed by atoms with Crippen LogP contribution in [0.4, 0.5) is 0 Å². The van der Waals surface area contributed by atoms with Gasteiger partial charge in [0.2, 0.25) is 0 Å². The molecule has 18 heavy (non-hydrogen) atoms. The standard InChI is InChI=1S/C13H17N5/c1-2-5-11(6-3-1)13(12-15-17-18-16-12)7-4-9-14-10-8-13/h1-3,5-6,14H,4,7-10H2,(H,15,16,17,18). The van der Waals surface area contributed by atoms with Crippen molar-refractivity contribution in [2.45, 2.75) is 24.7 Å². The molecule has 2 heterocycles. The predicted molar refractivity (Wildman–Crippen MR) is 68.1 cm³/mol. The van der Waals surface area contributed by atoms with Gasteiger partial charge in [-0.15, -0.1) is 10.2 Å². The van der Waals surface area contributed by atoms with Gasteiger partial charge in [-0.05, 0) is 37.9 Å².